The van der Waals surface area contributed by atoms with E-state index >= 15 is 0 Å². The van der Waals surface area contributed by atoms with Crippen molar-refractivity contribution < 1.29 is 0 Å². The van der Waals surface area contributed by atoms with Crippen LogP contribution in [0.15, 0.2) is 11.6 Å². The molecule has 0 aliphatic carbocycles. The molecule has 0 amide bonds. The second-order valence-electron chi connectivity index (χ2n) is 2.55. The molecule has 0 radical (unpaired) electrons. The highest BCUT2D eigenvalue weighted by Crippen LogP contribution is 2.08. The van der Waals surface area contributed by atoms with Gasteiger partial charge in [-0.15, -0.1) is 12.4 Å². The van der Waals surface area contributed by atoms with Crippen LogP contribution in [0.1, 0.15) is 26.2 Å². The van der Waals surface area contributed by atoms with E-state index in [0.29, 0.717) is 0 Å². The Labute approximate surface area is 69.3 Å². The first-order chi connectivity index (χ1) is 4.43. The van der Waals surface area contributed by atoms with E-state index in [4.69, 9.17) is 0 Å². The van der Waals surface area contributed by atoms with Crippen LogP contribution in [0, 0.1) is 0 Å². The maximum Gasteiger partial charge on any atom is 0.0164 e. The molecule has 1 aliphatic heterocycles. The van der Waals surface area contributed by atoms with E-state index in [-0.39, 0.29) is 12.4 Å². The van der Waals surface area contributed by atoms with Gasteiger partial charge in [-0.1, -0.05) is 18.6 Å². The molecular weight excluding hydrogens is 146 g/mol. The van der Waals surface area contributed by atoms with E-state index in [9.17, 15) is 0 Å². The van der Waals surface area contributed by atoms with Gasteiger partial charge in [0.15, 0.2) is 0 Å². The van der Waals surface area contributed by atoms with Gasteiger partial charge in [-0.2, -0.15) is 0 Å². The number of allylic oxidation sites excluding steroid dienone is 1. The van der Waals surface area contributed by atoms with Crippen LogP contribution in [0.25, 0.3) is 0 Å². The maximum absolute atomic E-state index is 3.35. The maximum atomic E-state index is 3.35. The van der Waals surface area contributed by atoms with Gasteiger partial charge < -0.3 is 5.32 Å². The van der Waals surface area contributed by atoms with Crippen LogP contribution < -0.4 is 5.32 Å². The van der Waals surface area contributed by atoms with Crippen molar-refractivity contribution in [1.82, 2.24) is 5.32 Å². The fourth-order valence-corrected chi connectivity index (χ4v) is 1.24. The molecule has 1 rings (SSSR count). The summed E-state index contributed by atoms with van der Waals surface area (Å²) in [4.78, 5) is 0. The summed E-state index contributed by atoms with van der Waals surface area (Å²) in [7, 11) is 0. The molecular formula is C8H16ClN. The summed E-state index contributed by atoms with van der Waals surface area (Å²) >= 11 is 0. The van der Waals surface area contributed by atoms with Crippen molar-refractivity contribution in [3.05, 3.63) is 11.6 Å². The molecule has 0 atom stereocenters. The van der Waals surface area contributed by atoms with E-state index in [0.717, 1.165) is 6.54 Å². The average molecular weight is 162 g/mol. The Morgan fingerprint density at radius 3 is 2.90 bits per heavy atom. The van der Waals surface area contributed by atoms with Gasteiger partial charge in [-0.3, -0.25) is 0 Å². The van der Waals surface area contributed by atoms with Gasteiger partial charge in [0.25, 0.3) is 0 Å². The molecule has 1 saturated heterocycles. The number of hydrogen-bond donors (Lipinski definition) is 1. The standard InChI is InChI=1S/C8H15N.ClH/c1-2-4-8-5-3-6-9-7-8;/h4,9H,2-3,5-7H2,1H3;1H/b8-4-;. The Bertz CT molecular complexity index is 102. The monoisotopic (exact) mass is 161 g/mol. The van der Waals surface area contributed by atoms with Gasteiger partial charge in [0.05, 0.1) is 0 Å². The molecule has 1 aliphatic rings. The second kappa shape index (κ2) is 5.75. The van der Waals surface area contributed by atoms with Crippen molar-refractivity contribution in [3.8, 4) is 0 Å². The van der Waals surface area contributed by atoms with Crippen molar-refractivity contribution >= 4 is 12.4 Å². The number of nitrogens with one attached hydrogen (secondary N) is 1. The molecule has 1 heterocycles. The Hall–Kier alpha value is -0.0100. The minimum atomic E-state index is 0. The van der Waals surface area contributed by atoms with E-state index in [1.807, 2.05) is 0 Å². The fraction of sp³-hybridized carbons (Fsp3) is 0.750. The van der Waals surface area contributed by atoms with E-state index in [1.54, 1.807) is 5.57 Å². The third-order valence-corrected chi connectivity index (χ3v) is 1.70. The van der Waals surface area contributed by atoms with E-state index in [1.165, 1.54) is 25.8 Å². The number of hydrogen-bond acceptors (Lipinski definition) is 1. The topological polar surface area (TPSA) is 12.0 Å². The van der Waals surface area contributed by atoms with Gasteiger partial charge in [0, 0.05) is 6.54 Å². The quantitative estimate of drug-likeness (QED) is 0.581. The molecule has 60 valence electrons. The zero-order valence-corrected chi connectivity index (χ0v) is 7.34. The molecule has 0 aromatic rings. The molecule has 10 heavy (non-hydrogen) atoms. The van der Waals surface area contributed by atoms with Crippen molar-refractivity contribution in [1.29, 1.82) is 0 Å². The molecule has 0 saturated carbocycles. The summed E-state index contributed by atoms with van der Waals surface area (Å²) in [6.45, 7) is 4.54. The highest BCUT2D eigenvalue weighted by Gasteiger charge is 2.01. The minimum absolute atomic E-state index is 0. The zero-order chi connectivity index (χ0) is 6.53. The van der Waals surface area contributed by atoms with Crippen LogP contribution in [-0.2, 0) is 0 Å². The molecule has 1 N–H and O–H groups in total. The first-order valence-corrected chi connectivity index (χ1v) is 3.82. The van der Waals surface area contributed by atoms with Crippen molar-refractivity contribution in [3.63, 3.8) is 0 Å². The third kappa shape index (κ3) is 3.23. The Kier molecular flexibility index (Phi) is 5.74. The van der Waals surface area contributed by atoms with Gasteiger partial charge in [-0.25, -0.2) is 0 Å². The molecule has 0 aromatic carbocycles. The molecule has 1 nitrogen and oxygen atoms in total. The smallest absolute Gasteiger partial charge is 0.0164 e. The van der Waals surface area contributed by atoms with Crippen LogP contribution in [0.4, 0.5) is 0 Å². The molecule has 0 aromatic heterocycles. The Balaban J connectivity index is 0.000000810. The third-order valence-electron chi connectivity index (χ3n) is 1.70. The summed E-state index contributed by atoms with van der Waals surface area (Å²) in [6.07, 6.45) is 6.18. The zero-order valence-electron chi connectivity index (χ0n) is 6.52. The van der Waals surface area contributed by atoms with Gasteiger partial charge in [-0.05, 0) is 25.8 Å². The second-order valence-corrected chi connectivity index (χ2v) is 2.55. The summed E-state index contributed by atoms with van der Waals surface area (Å²) in [5.74, 6) is 0. The fourth-order valence-electron chi connectivity index (χ4n) is 1.24. The van der Waals surface area contributed by atoms with Crippen LogP contribution in [-0.4, -0.2) is 13.1 Å². The number of rotatable bonds is 1. The summed E-state index contributed by atoms with van der Waals surface area (Å²) in [5.41, 5.74) is 1.60. The first kappa shape index (κ1) is 9.99. The lowest BCUT2D eigenvalue weighted by atomic mass is 10.1. The average Bonchev–Trinajstić information content (AvgIpc) is 1.91. The van der Waals surface area contributed by atoms with Gasteiger partial charge >= 0.3 is 0 Å². The minimum Gasteiger partial charge on any atom is -0.313 e. The predicted octanol–water partition coefficient (Wildman–Crippen LogP) is 2.13. The summed E-state index contributed by atoms with van der Waals surface area (Å²) < 4.78 is 0. The molecule has 0 unspecified atom stereocenters. The lowest BCUT2D eigenvalue weighted by Gasteiger charge is -2.14. The van der Waals surface area contributed by atoms with Crippen molar-refractivity contribution in [2.75, 3.05) is 13.1 Å². The van der Waals surface area contributed by atoms with Gasteiger partial charge in [0.1, 0.15) is 0 Å². The van der Waals surface area contributed by atoms with Crippen LogP contribution in [0.3, 0.4) is 0 Å². The summed E-state index contributed by atoms with van der Waals surface area (Å²) in [5, 5.41) is 3.35. The first-order valence-electron chi connectivity index (χ1n) is 3.82. The largest absolute Gasteiger partial charge is 0.313 e. The molecule has 0 bridgehead atoms. The molecule has 0 spiro atoms. The van der Waals surface area contributed by atoms with Crippen LogP contribution in [0.2, 0.25) is 0 Å². The van der Waals surface area contributed by atoms with E-state index < -0.39 is 0 Å². The van der Waals surface area contributed by atoms with E-state index in [2.05, 4.69) is 18.3 Å². The lowest BCUT2D eigenvalue weighted by molar-refractivity contribution is 0.607. The molecule has 1 fully saturated rings. The van der Waals surface area contributed by atoms with Crippen molar-refractivity contribution in [2.45, 2.75) is 26.2 Å². The highest BCUT2D eigenvalue weighted by molar-refractivity contribution is 5.85. The normalized spacial score (nSPS) is 22.3. The van der Waals surface area contributed by atoms with Crippen LogP contribution in [0.5, 0.6) is 0 Å². The van der Waals surface area contributed by atoms with Gasteiger partial charge in [0.2, 0.25) is 0 Å². The van der Waals surface area contributed by atoms with Crippen molar-refractivity contribution in [2.24, 2.45) is 0 Å². The number of piperidine rings is 1. The number of halogens is 1. The predicted molar refractivity (Wildman–Crippen MR) is 47.7 cm³/mol. The van der Waals surface area contributed by atoms with Crippen LogP contribution >= 0.6 is 12.4 Å². The summed E-state index contributed by atoms with van der Waals surface area (Å²) in [6, 6.07) is 0. The lowest BCUT2D eigenvalue weighted by Crippen LogP contribution is -2.23. The SMILES string of the molecule is CC/C=C1/CCCNC1.Cl. The Morgan fingerprint density at radius 2 is 2.40 bits per heavy atom. The Morgan fingerprint density at radius 1 is 1.60 bits per heavy atom. The highest BCUT2D eigenvalue weighted by atomic mass is 35.5. The molecule has 2 heteroatoms.